The van der Waals surface area contributed by atoms with Gasteiger partial charge in [-0.15, -0.1) is 12.4 Å². The van der Waals surface area contributed by atoms with Gasteiger partial charge in [-0.3, -0.25) is 9.59 Å². The van der Waals surface area contributed by atoms with Crippen molar-refractivity contribution >= 4 is 24.2 Å². The van der Waals surface area contributed by atoms with Crippen LogP contribution in [-0.2, 0) is 16.0 Å². The first kappa shape index (κ1) is 22.7. The molecule has 1 unspecified atom stereocenters. The second-order valence-corrected chi connectivity index (χ2v) is 8.16. The normalized spacial score (nSPS) is 19.8. The van der Waals surface area contributed by atoms with Crippen LogP contribution in [0.1, 0.15) is 44.6 Å². The minimum Gasteiger partial charge on any atom is -0.343 e. The van der Waals surface area contributed by atoms with E-state index in [9.17, 15) is 9.59 Å². The van der Waals surface area contributed by atoms with Crippen LogP contribution in [0, 0.1) is 11.8 Å². The third-order valence-corrected chi connectivity index (χ3v) is 6.26. The van der Waals surface area contributed by atoms with Crippen LogP contribution in [-0.4, -0.2) is 53.8 Å². The zero-order valence-corrected chi connectivity index (χ0v) is 17.7. The van der Waals surface area contributed by atoms with E-state index in [2.05, 4.69) is 19.1 Å². The van der Waals surface area contributed by atoms with Crippen molar-refractivity contribution in [1.82, 2.24) is 9.80 Å². The lowest BCUT2D eigenvalue weighted by atomic mass is 9.89. The van der Waals surface area contributed by atoms with E-state index in [1.54, 1.807) is 0 Å². The van der Waals surface area contributed by atoms with Gasteiger partial charge >= 0.3 is 0 Å². The minimum absolute atomic E-state index is 0. The number of rotatable bonds is 5. The standard InChI is InChI=1S/C22H33N3O2.ClH/c1-17(23)19-9-15-25(16-10-19)22(27)20-11-13-24(14-12-20)21(26)8-7-18-5-3-2-4-6-18;/h2-6,17,19-20H,7-16,23H2,1H3;1H. The van der Waals surface area contributed by atoms with E-state index in [4.69, 9.17) is 5.73 Å². The fraction of sp³-hybridized carbons (Fsp3) is 0.636. The quantitative estimate of drug-likeness (QED) is 0.816. The van der Waals surface area contributed by atoms with Crippen LogP contribution in [0.2, 0.25) is 0 Å². The number of piperidine rings is 2. The van der Waals surface area contributed by atoms with Gasteiger partial charge in [0.25, 0.3) is 0 Å². The van der Waals surface area contributed by atoms with E-state index in [1.165, 1.54) is 5.56 Å². The first-order valence-electron chi connectivity index (χ1n) is 10.4. The number of hydrogen-bond acceptors (Lipinski definition) is 3. The molecule has 6 heteroatoms. The Balaban J connectivity index is 0.00000280. The van der Waals surface area contributed by atoms with Gasteiger partial charge in [-0.05, 0) is 50.5 Å². The average molecular weight is 408 g/mol. The molecule has 0 aliphatic carbocycles. The van der Waals surface area contributed by atoms with Gasteiger partial charge in [0, 0.05) is 44.6 Å². The Morgan fingerprint density at radius 2 is 1.57 bits per heavy atom. The summed E-state index contributed by atoms with van der Waals surface area (Å²) in [5.74, 6) is 1.12. The SMILES string of the molecule is CC(N)C1CCN(C(=O)C2CCN(C(=O)CCc3ccccc3)CC2)CC1.Cl. The maximum atomic E-state index is 12.8. The van der Waals surface area contributed by atoms with Gasteiger partial charge in [0.05, 0.1) is 0 Å². The van der Waals surface area contributed by atoms with E-state index >= 15 is 0 Å². The molecule has 0 radical (unpaired) electrons. The average Bonchev–Trinajstić information content (AvgIpc) is 2.72. The molecule has 1 atom stereocenters. The molecule has 1 aromatic carbocycles. The number of amides is 2. The van der Waals surface area contributed by atoms with Gasteiger partial charge in [-0.1, -0.05) is 30.3 Å². The molecule has 3 rings (SSSR count). The number of carbonyl (C=O) groups excluding carboxylic acids is 2. The number of hydrogen-bond donors (Lipinski definition) is 1. The monoisotopic (exact) mass is 407 g/mol. The van der Waals surface area contributed by atoms with Gasteiger partial charge in [-0.2, -0.15) is 0 Å². The molecule has 28 heavy (non-hydrogen) atoms. The summed E-state index contributed by atoms with van der Waals surface area (Å²) in [6.07, 6.45) is 4.95. The summed E-state index contributed by atoms with van der Waals surface area (Å²) in [5, 5.41) is 0. The van der Waals surface area contributed by atoms with Crippen molar-refractivity contribution in [2.75, 3.05) is 26.2 Å². The third kappa shape index (κ3) is 5.95. The fourth-order valence-corrected chi connectivity index (χ4v) is 4.33. The molecule has 0 aromatic heterocycles. The van der Waals surface area contributed by atoms with Crippen molar-refractivity contribution < 1.29 is 9.59 Å². The number of aryl methyl sites for hydroxylation is 1. The smallest absolute Gasteiger partial charge is 0.225 e. The lowest BCUT2D eigenvalue weighted by molar-refractivity contribution is -0.141. The Bertz CT molecular complexity index is 622. The highest BCUT2D eigenvalue weighted by atomic mass is 35.5. The van der Waals surface area contributed by atoms with Crippen molar-refractivity contribution in [3.05, 3.63) is 35.9 Å². The maximum absolute atomic E-state index is 12.8. The first-order valence-corrected chi connectivity index (χ1v) is 10.4. The van der Waals surface area contributed by atoms with Crippen LogP contribution in [0.4, 0.5) is 0 Å². The fourth-order valence-electron chi connectivity index (χ4n) is 4.33. The molecule has 1 aromatic rings. The van der Waals surface area contributed by atoms with Crippen molar-refractivity contribution in [2.24, 2.45) is 17.6 Å². The van der Waals surface area contributed by atoms with Crippen molar-refractivity contribution in [3.63, 3.8) is 0 Å². The van der Waals surface area contributed by atoms with E-state index in [-0.39, 0.29) is 36.2 Å². The van der Waals surface area contributed by atoms with Gasteiger partial charge in [0.2, 0.25) is 11.8 Å². The predicted octanol–water partition coefficient (Wildman–Crippen LogP) is 2.87. The third-order valence-electron chi connectivity index (χ3n) is 6.26. The molecule has 2 amide bonds. The number of nitrogens with two attached hydrogens (primary N) is 1. The minimum atomic E-state index is 0. The second-order valence-electron chi connectivity index (χ2n) is 8.16. The number of carbonyl (C=O) groups is 2. The van der Waals surface area contributed by atoms with Crippen molar-refractivity contribution in [3.8, 4) is 0 Å². The number of halogens is 1. The molecule has 2 aliphatic heterocycles. The molecule has 2 fully saturated rings. The zero-order valence-electron chi connectivity index (χ0n) is 16.9. The first-order chi connectivity index (χ1) is 13.0. The molecule has 2 saturated heterocycles. The summed E-state index contributed by atoms with van der Waals surface area (Å²) >= 11 is 0. The largest absolute Gasteiger partial charge is 0.343 e. The molecule has 0 spiro atoms. The molecule has 0 saturated carbocycles. The Morgan fingerprint density at radius 3 is 2.14 bits per heavy atom. The van der Waals surface area contributed by atoms with E-state index in [0.29, 0.717) is 25.4 Å². The predicted molar refractivity (Wildman–Crippen MR) is 114 cm³/mol. The number of nitrogens with zero attached hydrogens (tertiary/aromatic N) is 2. The van der Waals surface area contributed by atoms with Gasteiger partial charge < -0.3 is 15.5 Å². The lowest BCUT2D eigenvalue weighted by Gasteiger charge is -2.38. The van der Waals surface area contributed by atoms with Crippen LogP contribution >= 0.6 is 12.4 Å². The Kier molecular flexibility index (Phi) is 8.77. The molecule has 5 nitrogen and oxygen atoms in total. The highest BCUT2D eigenvalue weighted by molar-refractivity contribution is 5.85. The Hall–Kier alpha value is -1.59. The van der Waals surface area contributed by atoms with Gasteiger partial charge in [0.15, 0.2) is 0 Å². The highest BCUT2D eigenvalue weighted by Gasteiger charge is 2.32. The second kappa shape index (κ2) is 10.8. The zero-order chi connectivity index (χ0) is 19.2. The van der Waals surface area contributed by atoms with Gasteiger partial charge in [-0.25, -0.2) is 0 Å². The van der Waals surface area contributed by atoms with E-state index in [1.807, 2.05) is 28.0 Å². The Morgan fingerprint density at radius 1 is 1.00 bits per heavy atom. The van der Waals surface area contributed by atoms with Crippen molar-refractivity contribution in [1.29, 1.82) is 0 Å². The van der Waals surface area contributed by atoms with Crippen LogP contribution in [0.5, 0.6) is 0 Å². The molecular formula is C22H34ClN3O2. The topological polar surface area (TPSA) is 66.6 Å². The number of likely N-dealkylation sites (tertiary alicyclic amines) is 2. The van der Waals surface area contributed by atoms with Crippen molar-refractivity contribution in [2.45, 2.75) is 51.5 Å². The van der Waals surface area contributed by atoms with E-state index < -0.39 is 0 Å². The van der Waals surface area contributed by atoms with Gasteiger partial charge in [0.1, 0.15) is 0 Å². The molecule has 0 bridgehead atoms. The molecule has 156 valence electrons. The molecule has 2 N–H and O–H groups in total. The molecular weight excluding hydrogens is 374 g/mol. The summed E-state index contributed by atoms with van der Waals surface area (Å²) < 4.78 is 0. The highest BCUT2D eigenvalue weighted by Crippen LogP contribution is 2.25. The van der Waals surface area contributed by atoms with Crippen LogP contribution < -0.4 is 5.73 Å². The molecule has 2 heterocycles. The maximum Gasteiger partial charge on any atom is 0.225 e. The summed E-state index contributed by atoms with van der Waals surface area (Å²) in [6.45, 7) is 5.15. The lowest BCUT2D eigenvalue weighted by Crippen LogP contribution is -2.48. The summed E-state index contributed by atoms with van der Waals surface area (Å²) in [7, 11) is 0. The van der Waals surface area contributed by atoms with Crippen LogP contribution in [0.15, 0.2) is 30.3 Å². The summed E-state index contributed by atoms with van der Waals surface area (Å²) in [6, 6.07) is 10.3. The Labute approximate surface area is 175 Å². The van der Waals surface area contributed by atoms with Crippen LogP contribution in [0.25, 0.3) is 0 Å². The molecule has 2 aliphatic rings. The van der Waals surface area contributed by atoms with E-state index in [0.717, 1.165) is 45.2 Å². The summed E-state index contributed by atoms with van der Waals surface area (Å²) in [5.41, 5.74) is 7.20. The number of benzene rings is 1. The van der Waals surface area contributed by atoms with Crippen LogP contribution in [0.3, 0.4) is 0 Å². The summed E-state index contributed by atoms with van der Waals surface area (Å²) in [4.78, 5) is 29.2.